The van der Waals surface area contributed by atoms with Gasteiger partial charge in [0.15, 0.2) is 0 Å². The van der Waals surface area contributed by atoms with Crippen molar-refractivity contribution in [1.82, 2.24) is 5.32 Å². The third-order valence-corrected chi connectivity index (χ3v) is 2.00. The summed E-state index contributed by atoms with van der Waals surface area (Å²) in [6.45, 7) is -0.809. The highest BCUT2D eigenvalue weighted by molar-refractivity contribution is 5.69. The fraction of sp³-hybridized carbons (Fsp3) is 0.857. The molecule has 14 heavy (non-hydrogen) atoms. The van der Waals surface area contributed by atoms with E-state index >= 15 is 0 Å². The number of carboxylic acids is 1. The molecule has 0 aromatic heterocycles. The summed E-state index contributed by atoms with van der Waals surface area (Å²) in [5.74, 6) is -1.09. The fourth-order valence-corrected chi connectivity index (χ4v) is 1.26. The molecule has 1 aliphatic heterocycles. The van der Waals surface area contributed by atoms with Crippen molar-refractivity contribution in [3.05, 3.63) is 0 Å². The van der Waals surface area contributed by atoms with Crippen molar-refractivity contribution in [3.8, 4) is 0 Å². The number of carbonyl (C=O) groups is 1. The molecule has 0 spiro atoms. The lowest BCUT2D eigenvalue weighted by Crippen LogP contribution is -2.42. The summed E-state index contributed by atoms with van der Waals surface area (Å²) < 4.78 is 4.96. The summed E-state index contributed by atoms with van der Waals surface area (Å²) in [5, 5.41) is 38.0. The summed E-state index contributed by atoms with van der Waals surface area (Å²) in [5.41, 5.74) is 0. The van der Waals surface area contributed by atoms with E-state index in [1.54, 1.807) is 0 Å². The van der Waals surface area contributed by atoms with Crippen molar-refractivity contribution < 1.29 is 30.0 Å². The Labute approximate surface area is 79.9 Å². The van der Waals surface area contributed by atoms with Gasteiger partial charge >= 0.3 is 5.97 Å². The largest absolute Gasteiger partial charge is 0.480 e. The predicted molar refractivity (Wildman–Crippen MR) is 43.4 cm³/mol. The first-order chi connectivity index (χ1) is 6.56. The number of aliphatic hydroxyl groups is 3. The predicted octanol–water partition coefficient (Wildman–Crippen LogP) is -2.90. The van der Waals surface area contributed by atoms with Crippen molar-refractivity contribution >= 4 is 5.97 Å². The Bertz CT molecular complexity index is 210. The zero-order chi connectivity index (χ0) is 10.7. The lowest BCUT2D eigenvalue weighted by atomic mass is 10.1. The molecule has 7 nitrogen and oxygen atoms in total. The van der Waals surface area contributed by atoms with E-state index in [2.05, 4.69) is 5.32 Å². The zero-order valence-corrected chi connectivity index (χ0v) is 7.33. The minimum atomic E-state index is -1.23. The number of hydrogen-bond donors (Lipinski definition) is 5. The number of ether oxygens (including phenoxy) is 1. The van der Waals surface area contributed by atoms with Crippen LogP contribution < -0.4 is 5.32 Å². The van der Waals surface area contributed by atoms with Crippen LogP contribution in [0.5, 0.6) is 0 Å². The molecule has 7 heteroatoms. The summed E-state index contributed by atoms with van der Waals surface area (Å²) in [6, 6.07) is 0. The van der Waals surface area contributed by atoms with Crippen molar-refractivity contribution in [2.24, 2.45) is 0 Å². The highest BCUT2D eigenvalue weighted by Crippen LogP contribution is 2.18. The number of aliphatic carboxylic acids is 1. The van der Waals surface area contributed by atoms with Crippen LogP contribution in [0.1, 0.15) is 0 Å². The minimum Gasteiger partial charge on any atom is -0.480 e. The van der Waals surface area contributed by atoms with Crippen LogP contribution in [-0.2, 0) is 9.53 Å². The molecular formula is C7H13NO6. The van der Waals surface area contributed by atoms with E-state index in [9.17, 15) is 15.0 Å². The van der Waals surface area contributed by atoms with Crippen LogP contribution in [0.2, 0.25) is 0 Å². The van der Waals surface area contributed by atoms with Crippen LogP contribution in [0.3, 0.4) is 0 Å². The third kappa shape index (κ3) is 2.40. The van der Waals surface area contributed by atoms with Gasteiger partial charge in [0.2, 0.25) is 0 Å². The van der Waals surface area contributed by atoms with Gasteiger partial charge in [0.1, 0.15) is 24.5 Å². The Morgan fingerprint density at radius 2 is 2.00 bits per heavy atom. The molecule has 0 radical (unpaired) electrons. The molecule has 1 saturated heterocycles. The van der Waals surface area contributed by atoms with E-state index in [4.69, 9.17) is 14.9 Å². The van der Waals surface area contributed by atoms with Crippen molar-refractivity contribution in [2.45, 2.75) is 24.5 Å². The first kappa shape index (κ1) is 11.3. The SMILES string of the molecule is O=C(O)CN[C@@H]1O[C@H](CO)[C@@H](O)[C@@H]1O. The van der Waals surface area contributed by atoms with E-state index in [0.717, 1.165) is 0 Å². The Kier molecular flexibility index (Phi) is 3.78. The van der Waals surface area contributed by atoms with E-state index in [-0.39, 0.29) is 6.54 Å². The van der Waals surface area contributed by atoms with Crippen LogP contribution >= 0.6 is 0 Å². The molecule has 4 atom stereocenters. The molecule has 1 heterocycles. The van der Waals surface area contributed by atoms with Gasteiger partial charge in [-0.15, -0.1) is 0 Å². The van der Waals surface area contributed by atoms with Gasteiger partial charge in [-0.05, 0) is 0 Å². The molecular weight excluding hydrogens is 194 g/mol. The quantitative estimate of drug-likeness (QED) is 0.335. The van der Waals surface area contributed by atoms with Crippen molar-refractivity contribution in [3.63, 3.8) is 0 Å². The standard InChI is InChI=1S/C7H13NO6/c9-2-3-5(12)6(13)7(14-3)8-1-4(10)11/h3,5-9,12-13H,1-2H2,(H,10,11)/t3-,5-,6+,7-/m1/s1. The second-order valence-electron chi connectivity index (χ2n) is 3.03. The van der Waals surface area contributed by atoms with Crippen LogP contribution in [0.15, 0.2) is 0 Å². The molecule has 1 fully saturated rings. The van der Waals surface area contributed by atoms with E-state index in [0.29, 0.717) is 0 Å². The first-order valence-electron chi connectivity index (χ1n) is 4.14. The summed E-state index contributed by atoms with van der Waals surface area (Å²) in [6.07, 6.45) is -4.27. The van der Waals surface area contributed by atoms with Crippen LogP contribution in [0, 0.1) is 0 Å². The highest BCUT2D eigenvalue weighted by Gasteiger charge is 2.42. The molecule has 0 unspecified atom stereocenters. The maximum atomic E-state index is 10.2. The molecule has 0 aromatic carbocycles. The Morgan fingerprint density at radius 1 is 1.36 bits per heavy atom. The van der Waals surface area contributed by atoms with Gasteiger partial charge in [-0.1, -0.05) is 0 Å². The van der Waals surface area contributed by atoms with Crippen molar-refractivity contribution in [1.29, 1.82) is 0 Å². The Hall–Kier alpha value is -0.730. The molecule has 0 amide bonds. The molecule has 0 saturated carbocycles. The molecule has 0 aromatic rings. The summed E-state index contributed by atoms with van der Waals surface area (Å²) in [7, 11) is 0. The average molecular weight is 207 g/mol. The maximum Gasteiger partial charge on any atom is 0.317 e. The number of rotatable bonds is 4. The fourth-order valence-electron chi connectivity index (χ4n) is 1.26. The molecule has 5 N–H and O–H groups in total. The average Bonchev–Trinajstić information content (AvgIpc) is 2.41. The zero-order valence-electron chi connectivity index (χ0n) is 7.33. The summed E-state index contributed by atoms with van der Waals surface area (Å²) >= 11 is 0. The maximum absolute atomic E-state index is 10.2. The van der Waals surface area contributed by atoms with E-state index in [1.165, 1.54) is 0 Å². The lowest BCUT2D eigenvalue weighted by Gasteiger charge is -2.14. The first-order valence-corrected chi connectivity index (χ1v) is 4.14. The molecule has 0 bridgehead atoms. The second-order valence-corrected chi connectivity index (χ2v) is 3.03. The van der Waals surface area contributed by atoms with Crippen LogP contribution in [-0.4, -0.2) is 64.1 Å². The van der Waals surface area contributed by atoms with Crippen LogP contribution in [0.4, 0.5) is 0 Å². The van der Waals surface area contributed by atoms with Crippen LogP contribution in [0.25, 0.3) is 0 Å². The van der Waals surface area contributed by atoms with E-state index < -0.39 is 37.1 Å². The van der Waals surface area contributed by atoms with Gasteiger partial charge in [0, 0.05) is 0 Å². The minimum absolute atomic E-state index is 0.382. The van der Waals surface area contributed by atoms with Gasteiger partial charge in [-0.3, -0.25) is 10.1 Å². The third-order valence-electron chi connectivity index (χ3n) is 2.00. The second kappa shape index (κ2) is 4.67. The highest BCUT2D eigenvalue weighted by atomic mass is 16.6. The van der Waals surface area contributed by atoms with Crippen molar-refractivity contribution in [2.75, 3.05) is 13.2 Å². The number of aliphatic hydroxyl groups excluding tert-OH is 3. The van der Waals surface area contributed by atoms with Gasteiger partial charge in [0.25, 0.3) is 0 Å². The topological polar surface area (TPSA) is 119 Å². The van der Waals surface area contributed by atoms with Gasteiger partial charge < -0.3 is 25.2 Å². The number of nitrogens with one attached hydrogen (secondary N) is 1. The smallest absolute Gasteiger partial charge is 0.317 e. The summed E-state index contributed by atoms with van der Waals surface area (Å²) in [4.78, 5) is 10.2. The van der Waals surface area contributed by atoms with Gasteiger partial charge in [-0.25, -0.2) is 0 Å². The molecule has 1 aliphatic rings. The molecule has 0 aliphatic carbocycles. The number of carboxylic acid groups (broad SMARTS) is 1. The Morgan fingerprint density at radius 3 is 2.43 bits per heavy atom. The molecule has 1 rings (SSSR count). The number of hydrogen-bond acceptors (Lipinski definition) is 6. The van der Waals surface area contributed by atoms with Gasteiger partial charge in [0.05, 0.1) is 13.2 Å². The lowest BCUT2D eigenvalue weighted by molar-refractivity contribution is -0.137. The Balaban J connectivity index is 2.44. The van der Waals surface area contributed by atoms with E-state index in [1.807, 2.05) is 0 Å². The monoisotopic (exact) mass is 207 g/mol. The normalized spacial score (nSPS) is 37.4. The molecule has 82 valence electrons. The van der Waals surface area contributed by atoms with Gasteiger partial charge in [-0.2, -0.15) is 0 Å².